The molecule has 0 amide bonds. The fourth-order valence-corrected chi connectivity index (χ4v) is 2.37. The number of hydrogen-bond donors (Lipinski definition) is 1. The first-order chi connectivity index (χ1) is 11.5. The van der Waals surface area contributed by atoms with Crippen molar-refractivity contribution in [3.8, 4) is 0 Å². The Labute approximate surface area is 137 Å². The van der Waals surface area contributed by atoms with Gasteiger partial charge in [-0.25, -0.2) is 14.4 Å². The van der Waals surface area contributed by atoms with Gasteiger partial charge in [0, 0.05) is 25.5 Å². The van der Waals surface area contributed by atoms with E-state index in [-0.39, 0.29) is 11.5 Å². The van der Waals surface area contributed by atoms with Crippen LogP contribution in [0, 0.1) is 15.9 Å². The Kier molecular flexibility index (Phi) is 4.19. The summed E-state index contributed by atoms with van der Waals surface area (Å²) in [5, 5.41) is 13.9. The normalized spacial score (nSPS) is 11.9. The Morgan fingerprint density at radius 2 is 2.12 bits per heavy atom. The number of nitrogens with one attached hydrogen (secondary N) is 1. The van der Waals surface area contributed by atoms with Gasteiger partial charge in [-0.2, -0.15) is 0 Å². The Balaban J connectivity index is 1.96. The lowest BCUT2D eigenvalue weighted by molar-refractivity contribution is -0.385. The van der Waals surface area contributed by atoms with Crippen molar-refractivity contribution in [3.05, 3.63) is 82.3 Å². The molecule has 0 aliphatic rings. The van der Waals surface area contributed by atoms with E-state index in [2.05, 4.69) is 15.3 Å². The minimum absolute atomic E-state index is 0.0974. The predicted molar refractivity (Wildman–Crippen MR) is 86.0 cm³/mol. The third-order valence-electron chi connectivity index (χ3n) is 3.55. The lowest BCUT2D eigenvalue weighted by atomic mass is 10.1. The van der Waals surface area contributed by atoms with Gasteiger partial charge in [-0.05, 0) is 23.8 Å². The smallest absolute Gasteiger partial charge is 0.287 e. The molecule has 1 atom stereocenters. The van der Waals surface area contributed by atoms with Gasteiger partial charge in [0.15, 0.2) is 0 Å². The molecule has 24 heavy (non-hydrogen) atoms. The van der Waals surface area contributed by atoms with Crippen LogP contribution in [0.25, 0.3) is 0 Å². The molecule has 0 radical (unpaired) electrons. The molecule has 0 aliphatic carbocycles. The van der Waals surface area contributed by atoms with Gasteiger partial charge in [-0.3, -0.25) is 10.1 Å². The van der Waals surface area contributed by atoms with Gasteiger partial charge in [0.25, 0.3) is 5.69 Å². The molecule has 0 saturated carbocycles. The highest BCUT2D eigenvalue weighted by molar-refractivity contribution is 5.44. The van der Waals surface area contributed by atoms with Gasteiger partial charge in [0.05, 0.1) is 4.92 Å². The van der Waals surface area contributed by atoms with Crippen LogP contribution in [0.4, 0.5) is 15.9 Å². The first kappa shape index (κ1) is 15.6. The second kappa shape index (κ2) is 6.45. The summed E-state index contributed by atoms with van der Waals surface area (Å²) in [6, 6.07) is 8.59. The van der Waals surface area contributed by atoms with Crippen LogP contribution in [0.1, 0.15) is 17.4 Å². The average molecular weight is 327 g/mol. The fraction of sp³-hybridized carbons (Fsp3) is 0.125. The number of rotatable bonds is 5. The third kappa shape index (κ3) is 3.22. The Bertz CT molecular complexity index is 863. The van der Waals surface area contributed by atoms with Crippen molar-refractivity contribution in [1.29, 1.82) is 0 Å². The van der Waals surface area contributed by atoms with Crippen molar-refractivity contribution in [2.24, 2.45) is 7.05 Å². The first-order valence-electron chi connectivity index (χ1n) is 7.14. The number of halogens is 1. The number of benzene rings is 1. The van der Waals surface area contributed by atoms with Crippen molar-refractivity contribution in [3.63, 3.8) is 0 Å². The van der Waals surface area contributed by atoms with E-state index in [1.165, 1.54) is 30.5 Å². The third-order valence-corrected chi connectivity index (χ3v) is 3.55. The van der Waals surface area contributed by atoms with E-state index in [9.17, 15) is 14.5 Å². The summed E-state index contributed by atoms with van der Waals surface area (Å²) in [5.74, 6) is 0.740. The van der Waals surface area contributed by atoms with E-state index < -0.39 is 11.0 Å². The van der Waals surface area contributed by atoms with Crippen molar-refractivity contribution in [2.45, 2.75) is 6.04 Å². The molecule has 1 N–H and O–H groups in total. The maximum absolute atomic E-state index is 13.6. The molecule has 8 heteroatoms. The second-order valence-electron chi connectivity index (χ2n) is 5.19. The van der Waals surface area contributed by atoms with Crippen molar-refractivity contribution < 1.29 is 9.31 Å². The topological polar surface area (TPSA) is 85.9 Å². The summed E-state index contributed by atoms with van der Waals surface area (Å²) in [7, 11) is 1.83. The number of hydrogen-bond acceptors (Lipinski definition) is 5. The molecule has 2 aromatic heterocycles. The Hall–Kier alpha value is -3.29. The SMILES string of the molecule is Cn1ccnc1[C@H](Nc1ccc([N+](=O)[O-])cn1)c1cccc(F)c1. The summed E-state index contributed by atoms with van der Waals surface area (Å²) in [6.45, 7) is 0. The predicted octanol–water partition coefficient (Wildman–Crippen LogP) is 3.06. The van der Waals surface area contributed by atoms with Gasteiger partial charge >= 0.3 is 0 Å². The van der Waals surface area contributed by atoms with Crippen molar-refractivity contribution >= 4 is 11.5 Å². The molecule has 0 spiro atoms. The molecule has 2 heterocycles. The van der Waals surface area contributed by atoms with Gasteiger partial charge in [-0.15, -0.1) is 0 Å². The van der Waals surface area contributed by atoms with E-state index in [0.29, 0.717) is 17.2 Å². The van der Waals surface area contributed by atoms with Crippen molar-refractivity contribution in [1.82, 2.24) is 14.5 Å². The van der Waals surface area contributed by atoms with Crippen LogP contribution in [-0.4, -0.2) is 19.5 Å². The van der Waals surface area contributed by atoms with Crippen LogP contribution in [0.2, 0.25) is 0 Å². The lowest BCUT2D eigenvalue weighted by Gasteiger charge is -2.19. The molecule has 7 nitrogen and oxygen atoms in total. The monoisotopic (exact) mass is 327 g/mol. The van der Waals surface area contributed by atoms with Gasteiger partial charge in [0.2, 0.25) is 0 Å². The largest absolute Gasteiger partial charge is 0.356 e. The molecule has 1 aromatic carbocycles. The number of aryl methyl sites for hydroxylation is 1. The lowest BCUT2D eigenvalue weighted by Crippen LogP contribution is -2.17. The minimum Gasteiger partial charge on any atom is -0.356 e. The number of anilines is 1. The molecular weight excluding hydrogens is 313 g/mol. The van der Waals surface area contributed by atoms with E-state index in [0.717, 1.165) is 0 Å². The summed E-state index contributed by atoms with van der Waals surface area (Å²) < 4.78 is 15.4. The second-order valence-corrected chi connectivity index (χ2v) is 5.19. The average Bonchev–Trinajstić information content (AvgIpc) is 2.99. The molecule has 122 valence electrons. The molecule has 3 rings (SSSR count). The van der Waals surface area contributed by atoms with E-state index in [1.54, 1.807) is 24.5 Å². The molecular formula is C16H14FN5O2. The van der Waals surface area contributed by atoms with Crippen LogP contribution >= 0.6 is 0 Å². The summed E-state index contributed by atoms with van der Waals surface area (Å²) >= 11 is 0. The summed E-state index contributed by atoms with van der Waals surface area (Å²) in [6.07, 6.45) is 4.60. The molecule has 0 saturated heterocycles. The van der Waals surface area contributed by atoms with Crippen molar-refractivity contribution in [2.75, 3.05) is 5.32 Å². The summed E-state index contributed by atoms with van der Waals surface area (Å²) in [4.78, 5) is 18.6. The number of nitrogens with zero attached hydrogens (tertiary/aromatic N) is 4. The molecule has 0 unspecified atom stereocenters. The van der Waals surface area contributed by atoms with Crippen LogP contribution in [0.5, 0.6) is 0 Å². The number of imidazole rings is 1. The van der Waals surface area contributed by atoms with Crippen LogP contribution in [-0.2, 0) is 7.05 Å². The van der Waals surface area contributed by atoms with Gasteiger partial charge in [0.1, 0.15) is 29.7 Å². The zero-order chi connectivity index (χ0) is 17.1. The quantitative estimate of drug-likeness (QED) is 0.575. The molecule has 3 aromatic rings. The summed E-state index contributed by atoms with van der Waals surface area (Å²) in [5.41, 5.74) is 0.573. The molecule has 0 aliphatic heterocycles. The Morgan fingerprint density at radius 1 is 1.29 bits per heavy atom. The number of pyridine rings is 1. The zero-order valence-electron chi connectivity index (χ0n) is 12.8. The molecule has 0 fully saturated rings. The van der Waals surface area contributed by atoms with E-state index in [4.69, 9.17) is 0 Å². The van der Waals surface area contributed by atoms with Crippen LogP contribution in [0.3, 0.4) is 0 Å². The first-order valence-corrected chi connectivity index (χ1v) is 7.14. The minimum atomic E-state index is -0.514. The highest BCUT2D eigenvalue weighted by atomic mass is 19.1. The maximum atomic E-state index is 13.6. The fourth-order valence-electron chi connectivity index (χ4n) is 2.37. The highest BCUT2D eigenvalue weighted by Gasteiger charge is 2.19. The van der Waals surface area contributed by atoms with E-state index in [1.807, 2.05) is 11.6 Å². The highest BCUT2D eigenvalue weighted by Crippen LogP contribution is 2.25. The number of aromatic nitrogens is 3. The standard InChI is InChI=1S/C16H14FN5O2/c1-21-8-7-18-16(21)15(11-3-2-4-12(17)9-11)20-14-6-5-13(10-19-14)22(23)24/h2-10,15H,1H3,(H,19,20)/t15-/m1/s1. The Morgan fingerprint density at radius 3 is 2.71 bits per heavy atom. The zero-order valence-corrected chi connectivity index (χ0v) is 12.8. The maximum Gasteiger partial charge on any atom is 0.287 e. The van der Waals surface area contributed by atoms with Crippen LogP contribution < -0.4 is 5.32 Å². The van der Waals surface area contributed by atoms with Gasteiger partial charge in [-0.1, -0.05) is 12.1 Å². The number of nitro groups is 1. The van der Waals surface area contributed by atoms with E-state index >= 15 is 0 Å². The van der Waals surface area contributed by atoms with Crippen LogP contribution in [0.15, 0.2) is 55.0 Å². The molecule has 0 bridgehead atoms. The van der Waals surface area contributed by atoms with Gasteiger partial charge < -0.3 is 9.88 Å².